The number of hydrogen-bond acceptors (Lipinski definition) is 3. The summed E-state index contributed by atoms with van der Waals surface area (Å²) < 4.78 is 0. The number of nitrogens with zero attached hydrogens (tertiary/aromatic N) is 1. The second-order valence-corrected chi connectivity index (χ2v) is 3.75. The van der Waals surface area contributed by atoms with Gasteiger partial charge in [0.1, 0.15) is 0 Å². The van der Waals surface area contributed by atoms with Gasteiger partial charge in [0.15, 0.2) is 0 Å². The Morgan fingerprint density at radius 2 is 2.25 bits per heavy atom. The van der Waals surface area contributed by atoms with Gasteiger partial charge >= 0.3 is 0 Å². The lowest BCUT2D eigenvalue weighted by molar-refractivity contribution is -0.534. The number of rotatable bonds is 2. The molecule has 1 aliphatic rings. The smallest absolute Gasteiger partial charge is 0.228 e. The van der Waals surface area contributed by atoms with E-state index in [-0.39, 0.29) is 16.9 Å². The molecule has 0 aromatic rings. The van der Waals surface area contributed by atoms with Crippen LogP contribution >= 0.6 is 0 Å². The summed E-state index contributed by atoms with van der Waals surface area (Å²) >= 11 is 0. The molecule has 4 heteroatoms. The SMILES string of the molecule is CC(C)C1CCNCC1[N+](=O)[O-]. The van der Waals surface area contributed by atoms with Crippen molar-refractivity contribution in [3.63, 3.8) is 0 Å². The van der Waals surface area contributed by atoms with Crippen LogP contribution in [0.25, 0.3) is 0 Å². The molecule has 1 saturated heterocycles. The average Bonchev–Trinajstić information content (AvgIpc) is 2.04. The summed E-state index contributed by atoms with van der Waals surface area (Å²) in [5.41, 5.74) is 0. The molecule has 1 N–H and O–H groups in total. The average molecular weight is 172 g/mol. The minimum atomic E-state index is -0.376. The van der Waals surface area contributed by atoms with Crippen molar-refractivity contribution in [2.24, 2.45) is 11.8 Å². The van der Waals surface area contributed by atoms with E-state index in [1.807, 2.05) is 0 Å². The molecule has 1 fully saturated rings. The van der Waals surface area contributed by atoms with Gasteiger partial charge in [-0.05, 0) is 18.9 Å². The quantitative estimate of drug-likeness (QED) is 0.497. The molecule has 0 amide bonds. The van der Waals surface area contributed by atoms with Gasteiger partial charge in [-0.2, -0.15) is 0 Å². The van der Waals surface area contributed by atoms with Crippen LogP contribution in [-0.2, 0) is 0 Å². The number of piperidine rings is 1. The Morgan fingerprint density at radius 3 is 2.67 bits per heavy atom. The van der Waals surface area contributed by atoms with Crippen LogP contribution in [0.4, 0.5) is 0 Å². The zero-order valence-electron chi connectivity index (χ0n) is 7.62. The van der Waals surface area contributed by atoms with Crippen molar-refractivity contribution < 1.29 is 4.92 Å². The Hall–Kier alpha value is -0.640. The first kappa shape index (κ1) is 9.45. The van der Waals surface area contributed by atoms with Crippen molar-refractivity contribution in [1.29, 1.82) is 0 Å². The van der Waals surface area contributed by atoms with Crippen LogP contribution in [0.15, 0.2) is 0 Å². The molecular weight excluding hydrogens is 156 g/mol. The van der Waals surface area contributed by atoms with Crippen LogP contribution in [0.1, 0.15) is 20.3 Å². The Balaban J connectivity index is 2.60. The van der Waals surface area contributed by atoms with Gasteiger partial charge in [-0.25, -0.2) is 0 Å². The lowest BCUT2D eigenvalue weighted by atomic mass is 9.84. The molecule has 0 radical (unpaired) electrons. The summed E-state index contributed by atoms with van der Waals surface area (Å²) in [5.74, 6) is 0.670. The summed E-state index contributed by atoms with van der Waals surface area (Å²) in [6, 6.07) is -0.376. The highest BCUT2D eigenvalue weighted by Gasteiger charge is 2.35. The third-order valence-electron chi connectivity index (χ3n) is 2.63. The van der Waals surface area contributed by atoms with Crippen molar-refractivity contribution >= 4 is 0 Å². The Bertz CT molecular complexity index is 170. The molecule has 0 aromatic carbocycles. The molecule has 0 bridgehead atoms. The first-order valence-electron chi connectivity index (χ1n) is 4.47. The first-order valence-corrected chi connectivity index (χ1v) is 4.47. The molecule has 12 heavy (non-hydrogen) atoms. The van der Waals surface area contributed by atoms with E-state index in [1.54, 1.807) is 0 Å². The van der Waals surface area contributed by atoms with E-state index in [9.17, 15) is 10.1 Å². The molecule has 1 aliphatic heterocycles. The van der Waals surface area contributed by atoms with Gasteiger partial charge < -0.3 is 5.32 Å². The predicted molar refractivity (Wildman–Crippen MR) is 46.6 cm³/mol. The van der Waals surface area contributed by atoms with Gasteiger partial charge in [0.25, 0.3) is 0 Å². The van der Waals surface area contributed by atoms with Gasteiger partial charge in [0.2, 0.25) is 6.04 Å². The van der Waals surface area contributed by atoms with E-state index in [1.165, 1.54) is 0 Å². The molecular formula is C8H16N2O2. The fourth-order valence-electron chi connectivity index (χ4n) is 1.87. The molecule has 1 rings (SSSR count). The summed E-state index contributed by atoms with van der Waals surface area (Å²) in [6.07, 6.45) is 0.934. The molecule has 1 heterocycles. The summed E-state index contributed by atoms with van der Waals surface area (Å²) in [5, 5.41) is 13.7. The largest absolute Gasteiger partial charge is 0.310 e. The van der Waals surface area contributed by atoms with E-state index in [0.717, 1.165) is 13.0 Å². The predicted octanol–water partition coefficient (Wildman–Crippen LogP) is 0.897. The maximum atomic E-state index is 10.6. The number of nitro groups is 1. The zero-order chi connectivity index (χ0) is 9.14. The van der Waals surface area contributed by atoms with Crippen molar-refractivity contribution in [3.05, 3.63) is 10.1 Å². The highest BCUT2D eigenvalue weighted by atomic mass is 16.6. The highest BCUT2D eigenvalue weighted by Crippen LogP contribution is 2.23. The third-order valence-corrected chi connectivity index (χ3v) is 2.63. The minimum Gasteiger partial charge on any atom is -0.310 e. The van der Waals surface area contributed by atoms with E-state index in [0.29, 0.717) is 12.5 Å². The maximum absolute atomic E-state index is 10.6. The fraction of sp³-hybridized carbons (Fsp3) is 1.00. The van der Waals surface area contributed by atoms with Gasteiger partial charge in [-0.1, -0.05) is 13.8 Å². The molecule has 4 nitrogen and oxygen atoms in total. The van der Waals surface area contributed by atoms with E-state index >= 15 is 0 Å². The van der Waals surface area contributed by atoms with Crippen LogP contribution in [0, 0.1) is 22.0 Å². The van der Waals surface area contributed by atoms with Gasteiger partial charge in [0, 0.05) is 10.8 Å². The van der Waals surface area contributed by atoms with E-state index in [4.69, 9.17) is 0 Å². The number of hydrogen-bond donors (Lipinski definition) is 1. The topological polar surface area (TPSA) is 55.2 Å². The Labute approximate surface area is 72.5 Å². The lowest BCUT2D eigenvalue weighted by Crippen LogP contribution is -2.46. The number of nitrogens with one attached hydrogen (secondary N) is 1. The van der Waals surface area contributed by atoms with Crippen LogP contribution < -0.4 is 5.32 Å². The monoisotopic (exact) mass is 172 g/mol. The van der Waals surface area contributed by atoms with Gasteiger partial charge in [0.05, 0.1) is 6.54 Å². The lowest BCUT2D eigenvalue weighted by Gasteiger charge is -2.28. The molecule has 70 valence electrons. The molecule has 0 aromatic heterocycles. The van der Waals surface area contributed by atoms with Crippen LogP contribution in [-0.4, -0.2) is 24.1 Å². The van der Waals surface area contributed by atoms with Crippen molar-refractivity contribution in [2.45, 2.75) is 26.3 Å². The minimum absolute atomic E-state index is 0.142. The second-order valence-electron chi connectivity index (χ2n) is 3.75. The van der Waals surface area contributed by atoms with Crippen LogP contribution in [0.2, 0.25) is 0 Å². The van der Waals surface area contributed by atoms with Crippen LogP contribution in [0.3, 0.4) is 0 Å². The maximum Gasteiger partial charge on any atom is 0.228 e. The normalized spacial score (nSPS) is 30.6. The van der Waals surface area contributed by atoms with E-state index < -0.39 is 0 Å². The Kier molecular flexibility index (Phi) is 3.03. The first-order chi connectivity index (χ1) is 5.63. The molecule has 0 aliphatic carbocycles. The van der Waals surface area contributed by atoms with Crippen molar-refractivity contribution in [2.75, 3.05) is 13.1 Å². The zero-order valence-corrected chi connectivity index (χ0v) is 7.62. The second kappa shape index (κ2) is 3.85. The summed E-state index contributed by atoms with van der Waals surface area (Å²) in [7, 11) is 0. The van der Waals surface area contributed by atoms with Gasteiger partial charge in [-0.15, -0.1) is 0 Å². The van der Waals surface area contributed by atoms with E-state index in [2.05, 4.69) is 19.2 Å². The summed E-state index contributed by atoms with van der Waals surface area (Å²) in [6.45, 7) is 5.59. The fourth-order valence-corrected chi connectivity index (χ4v) is 1.87. The highest BCUT2D eigenvalue weighted by molar-refractivity contribution is 4.79. The summed E-state index contributed by atoms with van der Waals surface area (Å²) in [4.78, 5) is 10.5. The standard InChI is InChI=1S/C8H16N2O2/c1-6(2)7-3-4-9-5-8(7)10(11)12/h6-9H,3-5H2,1-2H3. The molecule has 0 saturated carbocycles. The van der Waals surface area contributed by atoms with Crippen molar-refractivity contribution in [3.8, 4) is 0 Å². The van der Waals surface area contributed by atoms with Crippen LogP contribution in [0.5, 0.6) is 0 Å². The third kappa shape index (κ3) is 1.94. The molecule has 0 spiro atoms. The Morgan fingerprint density at radius 1 is 1.58 bits per heavy atom. The van der Waals surface area contributed by atoms with Gasteiger partial charge in [-0.3, -0.25) is 10.1 Å². The van der Waals surface area contributed by atoms with Crippen molar-refractivity contribution in [1.82, 2.24) is 5.32 Å². The molecule has 2 unspecified atom stereocenters. The molecule has 2 atom stereocenters.